The van der Waals surface area contributed by atoms with Crippen LogP contribution in [0.1, 0.15) is 29.6 Å². The highest BCUT2D eigenvalue weighted by Crippen LogP contribution is 2.46. The molecule has 1 fully saturated rings. The van der Waals surface area contributed by atoms with E-state index in [0.29, 0.717) is 12.2 Å². The highest BCUT2D eigenvalue weighted by molar-refractivity contribution is 6.02. The smallest absolute Gasteiger partial charge is 0.335 e. The summed E-state index contributed by atoms with van der Waals surface area (Å²) < 4.78 is 0. The minimum atomic E-state index is -0.984. The molecule has 2 N–H and O–H groups in total. The molecule has 19 heavy (non-hydrogen) atoms. The lowest BCUT2D eigenvalue weighted by Crippen LogP contribution is -2.47. The molecule has 1 saturated carbocycles. The number of benzene rings is 1. The van der Waals surface area contributed by atoms with E-state index in [9.17, 15) is 9.59 Å². The zero-order chi connectivity index (χ0) is 13.6. The highest BCUT2D eigenvalue weighted by atomic mass is 16.4. The molecule has 0 atom stereocenters. The Morgan fingerprint density at radius 2 is 2.16 bits per heavy atom. The first kappa shape index (κ1) is 12.0. The normalized spacial score (nSPS) is 20.3. The van der Waals surface area contributed by atoms with Crippen molar-refractivity contribution in [1.82, 2.24) is 0 Å². The Kier molecular flexibility index (Phi) is 2.52. The summed E-state index contributed by atoms with van der Waals surface area (Å²) in [7, 11) is 1.94. The molecule has 5 heteroatoms. The minimum absolute atomic E-state index is 0.0203. The van der Waals surface area contributed by atoms with E-state index >= 15 is 0 Å². The zero-order valence-electron chi connectivity index (χ0n) is 10.8. The van der Waals surface area contributed by atoms with E-state index in [1.54, 1.807) is 12.1 Å². The van der Waals surface area contributed by atoms with Gasteiger partial charge in [-0.1, -0.05) is 6.42 Å². The lowest BCUT2D eigenvalue weighted by atomic mass is 9.68. The molecule has 0 saturated heterocycles. The fraction of sp³-hybridized carbons (Fsp3) is 0.429. The number of aromatic carboxylic acids is 1. The summed E-state index contributed by atoms with van der Waals surface area (Å²) in [5.74, 6) is -0.964. The van der Waals surface area contributed by atoms with Crippen LogP contribution in [0.3, 0.4) is 0 Å². The van der Waals surface area contributed by atoms with Gasteiger partial charge in [0.1, 0.15) is 0 Å². The molecule has 100 valence electrons. The second kappa shape index (κ2) is 3.98. The van der Waals surface area contributed by atoms with Crippen LogP contribution in [0.25, 0.3) is 0 Å². The Morgan fingerprint density at radius 3 is 2.74 bits per heavy atom. The maximum absolute atomic E-state index is 12.3. The summed E-state index contributed by atoms with van der Waals surface area (Å²) in [4.78, 5) is 25.4. The van der Waals surface area contributed by atoms with Crippen molar-refractivity contribution in [2.45, 2.75) is 19.3 Å². The topological polar surface area (TPSA) is 69.6 Å². The highest BCUT2D eigenvalue weighted by Gasteiger charge is 2.46. The van der Waals surface area contributed by atoms with Gasteiger partial charge in [0.2, 0.25) is 5.91 Å². The zero-order valence-corrected chi connectivity index (χ0v) is 10.8. The van der Waals surface area contributed by atoms with E-state index in [-0.39, 0.29) is 16.9 Å². The van der Waals surface area contributed by atoms with Gasteiger partial charge in [-0.05, 0) is 31.0 Å². The standard InChI is InChI=1S/C14H16N2O3/c1-16-8-14(5-2-6-14)13(19)15-10-7-9(12(17)18)3-4-11(10)16/h3-4,7H,2,5-6,8H2,1H3,(H,15,19)(H,17,18). The SMILES string of the molecule is CN1CC2(CCC2)C(=O)Nc2cc(C(=O)O)ccc21. The van der Waals surface area contributed by atoms with Gasteiger partial charge in [0.05, 0.1) is 22.4 Å². The molecule has 1 aliphatic heterocycles. The van der Waals surface area contributed by atoms with E-state index < -0.39 is 5.97 Å². The number of rotatable bonds is 1. The predicted octanol–water partition coefficient (Wildman–Crippen LogP) is 1.94. The number of nitrogens with one attached hydrogen (secondary N) is 1. The van der Waals surface area contributed by atoms with Crippen molar-refractivity contribution in [3.63, 3.8) is 0 Å². The van der Waals surface area contributed by atoms with E-state index in [2.05, 4.69) is 5.32 Å². The van der Waals surface area contributed by atoms with Gasteiger partial charge in [0, 0.05) is 13.6 Å². The van der Waals surface area contributed by atoms with Crippen LogP contribution in [0, 0.1) is 5.41 Å². The Hall–Kier alpha value is -2.04. The molecule has 0 radical (unpaired) electrons. The number of nitrogens with zero attached hydrogens (tertiary/aromatic N) is 1. The van der Waals surface area contributed by atoms with Crippen molar-refractivity contribution in [1.29, 1.82) is 0 Å². The molecule has 5 nitrogen and oxygen atoms in total. The third kappa shape index (κ3) is 1.77. The van der Waals surface area contributed by atoms with Gasteiger partial charge in [0.25, 0.3) is 0 Å². The second-order valence-corrected chi connectivity index (χ2v) is 5.48. The van der Waals surface area contributed by atoms with Crippen LogP contribution in [-0.4, -0.2) is 30.6 Å². The summed E-state index contributed by atoms with van der Waals surface area (Å²) >= 11 is 0. The molecule has 1 aliphatic carbocycles. The largest absolute Gasteiger partial charge is 0.478 e. The van der Waals surface area contributed by atoms with Crippen LogP contribution in [-0.2, 0) is 4.79 Å². The molecule has 0 unspecified atom stereocenters. The summed E-state index contributed by atoms with van der Waals surface area (Å²) in [5.41, 5.74) is 1.37. The van der Waals surface area contributed by atoms with Crippen LogP contribution in [0.4, 0.5) is 11.4 Å². The van der Waals surface area contributed by atoms with Crippen LogP contribution in [0.2, 0.25) is 0 Å². The Labute approximate surface area is 111 Å². The third-order valence-electron chi connectivity index (χ3n) is 4.24. The van der Waals surface area contributed by atoms with Crippen molar-refractivity contribution in [3.05, 3.63) is 23.8 Å². The minimum Gasteiger partial charge on any atom is -0.478 e. The average Bonchev–Trinajstić information content (AvgIpc) is 2.43. The number of carbonyl (C=O) groups excluding carboxylic acids is 1. The van der Waals surface area contributed by atoms with Crippen molar-refractivity contribution in [3.8, 4) is 0 Å². The number of fused-ring (bicyclic) bond motifs is 1. The van der Waals surface area contributed by atoms with Crippen molar-refractivity contribution in [2.75, 3.05) is 23.8 Å². The second-order valence-electron chi connectivity index (χ2n) is 5.48. The fourth-order valence-electron chi connectivity index (χ4n) is 2.96. The van der Waals surface area contributed by atoms with Crippen molar-refractivity contribution >= 4 is 23.3 Å². The molecule has 2 aliphatic rings. The lowest BCUT2D eigenvalue weighted by molar-refractivity contribution is -0.129. The lowest BCUT2D eigenvalue weighted by Gasteiger charge is -2.40. The molecule has 1 amide bonds. The van der Waals surface area contributed by atoms with Gasteiger partial charge in [-0.15, -0.1) is 0 Å². The van der Waals surface area contributed by atoms with Crippen LogP contribution >= 0.6 is 0 Å². The molecule has 0 aromatic heterocycles. The van der Waals surface area contributed by atoms with Gasteiger partial charge < -0.3 is 15.3 Å². The first-order valence-corrected chi connectivity index (χ1v) is 6.42. The van der Waals surface area contributed by atoms with E-state index in [1.807, 2.05) is 11.9 Å². The average molecular weight is 260 g/mol. The van der Waals surface area contributed by atoms with Gasteiger partial charge in [-0.3, -0.25) is 4.79 Å². The van der Waals surface area contributed by atoms with E-state index in [4.69, 9.17) is 5.11 Å². The predicted molar refractivity (Wildman–Crippen MR) is 71.6 cm³/mol. The monoisotopic (exact) mass is 260 g/mol. The summed E-state index contributed by atoms with van der Waals surface area (Å²) in [6, 6.07) is 4.86. The van der Waals surface area contributed by atoms with Gasteiger partial charge in [-0.25, -0.2) is 4.79 Å². The molecule has 1 heterocycles. The van der Waals surface area contributed by atoms with Gasteiger partial charge in [-0.2, -0.15) is 0 Å². The number of hydrogen-bond donors (Lipinski definition) is 2. The first-order chi connectivity index (χ1) is 9.02. The van der Waals surface area contributed by atoms with Crippen molar-refractivity contribution < 1.29 is 14.7 Å². The molecule has 1 spiro atoms. The number of carboxylic acid groups (broad SMARTS) is 1. The molecule has 1 aromatic carbocycles. The molecular weight excluding hydrogens is 244 g/mol. The maximum Gasteiger partial charge on any atom is 0.335 e. The number of carbonyl (C=O) groups is 2. The number of carboxylic acids is 1. The number of amides is 1. The Balaban J connectivity index is 2.02. The van der Waals surface area contributed by atoms with Crippen molar-refractivity contribution in [2.24, 2.45) is 5.41 Å². The van der Waals surface area contributed by atoms with E-state index in [1.165, 1.54) is 6.07 Å². The summed E-state index contributed by atoms with van der Waals surface area (Å²) in [6.45, 7) is 0.693. The maximum atomic E-state index is 12.3. The molecule has 3 rings (SSSR count). The Morgan fingerprint density at radius 1 is 1.42 bits per heavy atom. The Bertz CT molecular complexity index is 564. The number of hydrogen-bond acceptors (Lipinski definition) is 3. The quantitative estimate of drug-likeness (QED) is 0.809. The third-order valence-corrected chi connectivity index (χ3v) is 4.24. The van der Waals surface area contributed by atoms with Crippen LogP contribution in [0.5, 0.6) is 0 Å². The van der Waals surface area contributed by atoms with E-state index in [0.717, 1.165) is 24.9 Å². The molecule has 0 bridgehead atoms. The first-order valence-electron chi connectivity index (χ1n) is 6.42. The van der Waals surface area contributed by atoms with Crippen LogP contribution in [0.15, 0.2) is 18.2 Å². The van der Waals surface area contributed by atoms with Gasteiger partial charge >= 0.3 is 5.97 Å². The molecular formula is C14H16N2O3. The molecule has 1 aromatic rings. The van der Waals surface area contributed by atoms with Gasteiger partial charge in [0.15, 0.2) is 0 Å². The fourth-order valence-corrected chi connectivity index (χ4v) is 2.96. The van der Waals surface area contributed by atoms with Crippen LogP contribution < -0.4 is 10.2 Å². The number of anilines is 2. The summed E-state index contributed by atoms with van der Waals surface area (Å²) in [6.07, 6.45) is 2.89. The summed E-state index contributed by atoms with van der Waals surface area (Å²) in [5, 5.41) is 11.9.